The second-order valence-electron chi connectivity index (χ2n) is 7.05. The first-order valence-corrected chi connectivity index (χ1v) is 12.4. The highest BCUT2D eigenvalue weighted by molar-refractivity contribution is 8.26. The molecule has 1 aliphatic heterocycles. The zero-order chi connectivity index (χ0) is 23.4. The Morgan fingerprint density at radius 3 is 2.64 bits per heavy atom. The number of thiocarbonyl (C=S) groups is 1. The Balaban J connectivity index is 1.28. The number of amides is 2. The number of rotatable bonds is 7. The molecule has 33 heavy (non-hydrogen) atoms. The number of carbonyl (C=O) groups is 2. The first-order valence-electron chi connectivity index (χ1n) is 9.87. The van der Waals surface area contributed by atoms with Crippen LogP contribution in [0.4, 0.5) is 4.39 Å². The van der Waals surface area contributed by atoms with E-state index in [1.165, 1.54) is 40.1 Å². The van der Waals surface area contributed by atoms with Crippen molar-refractivity contribution in [2.75, 3.05) is 6.54 Å². The molecule has 3 aromatic rings. The normalized spacial score (nSPS) is 14.8. The number of carbonyl (C=O) groups excluding carboxylic acids is 2. The quantitative estimate of drug-likeness (QED) is 0.331. The molecule has 0 radical (unpaired) electrons. The van der Waals surface area contributed by atoms with Gasteiger partial charge in [0.15, 0.2) is 0 Å². The smallest absolute Gasteiger partial charge is 0.266 e. The van der Waals surface area contributed by atoms with Crippen LogP contribution in [0.2, 0.25) is 5.02 Å². The predicted molar refractivity (Wildman–Crippen MR) is 135 cm³/mol. The summed E-state index contributed by atoms with van der Waals surface area (Å²) in [4.78, 5) is 31.4. The number of nitrogens with zero attached hydrogens (tertiary/aromatic N) is 2. The van der Waals surface area contributed by atoms with Crippen LogP contribution >= 0.6 is 46.9 Å². The number of hydrogen-bond acceptors (Lipinski definition) is 6. The molecule has 0 bridgehead atoms. The molecule has 5 nitrogen and oxygen atoms in total. The Kier molecular flexibility index (Phi) is 7.54. The van der Waals surface area contributed by atoms with E-state index < -0.39 is 0 Å². The van der Waals surface area contributed by atoms with Crippen LogP contribution in [0.1, 0.15) is 17.0 Å². The van der Waals surface area contributed by atoms with E-state index in [-0.39, 0.29) is 30.6 Å². The number of aromatic nitrogens is 1. The van der Waals surface area contributed by atoms with Crippen molar-refractivity contribution in [1.82, 2.24) is 15.2 Å². The highest BCUT2D eigenvalue weighted by atomic mass is 35.5. The van der Waals surface area contributed by atoms with Crippen molar-refractivity contribution < 1.29 is 14.0 Å². The van der Waals surface area contributed by atoms with Crippen LogP contribution in [-0.2, 0) is 16.1 Å². The van der Waals surface area contributed by atoms with Crippen LogP contribution in [0.3, 0.4) is 0 Å². The van der Waals surface area contributed by atoms with E-state index in [4.69, 9.17) is 23.8 Å². The van der Waals surface area contributed by atoms with Gasteiger partial charge in [0, 0.05) is 28.9 Å². The lowest BCUT2D eigenvalue weighted by molar-refractivity contribution is -0.123. The van der Waals surface area contributed by atoms with Gasteiger partial charge in [-0.2, -0.15) is 0 Å². The van der Waals surface area contributed by atoms with Crippen molar-refractivity contribution in [3.8, 4) is 11.3 Å². The molecule has 10 heteroatoms. The fourth-order valence-corrected chi connectivity index (χ4v) is 5.20. The van der Waals surface area contributed by atoms with Crippen LogP contribution in [-0.4, -0.2) is 32.6 Å². The average Bonchev–Trinajstić information content (AvgIpc) is 3.38. The predicted octanol–water partition coefficient (Wildman–Crippen LogP) is 5.51. The molecule has 2 amide bonds. The molecule has 4 rings (SSSR count). The van der Waals surface area contributed by atoms with Gasteiger partial charge in [-0.25, -0.2) is 9.37 Å². The maximum absolute atomic E-state index is 13.1. The minimum atomic E-state index is -0.343. The van der Waals surface area contributed by atoms with Crippen LogP contribution in [0.5, 0.6) is 0 Å². The molecule has 0 aliphatic carbocycles. The van der Waals surface area contributed by atoms with Crippen LogP contribution in [0.25, 0.3) is 17.3 Å². The van der Waals surface area contributed by atoms with Crippen LogP contribution in [0, 0.1) is 5.82 Å². The number of nitrogens with one attached hydrogen (secondary N) is 1. The van der Waals surface area contributed by atoms with Crippen molar-refractivity contribution in [3.05, 3.63) is 80.2 Å². The van der Waals surface area contributed by atoms with E-state index in [0.717, 1.165) is 16.3 Å². The summed E-state index contributed by atoms with van der Waals surface area (Å²) in [6.45, 7) is 0.491. The molecule has 0 unspecified atom stereocenters. The van der Waals surface area contributed by atoms with Gasteiger partial charge in [-0.3, -0.25) is 14.5 Å². The second-order valence-corrected chi connectivity index (χ2v) is 10.1. The lowest BCUT2D eigenvalue weighted by atomic mass is 10.2. The molecule has 168 valence electrons. The maximum Gasteiger partial charge on any atom is 0.266 e. The van der Waals surface area contributed by atoms with Gasteiger partial charge in [0.2, 0.25) is 5.91 Å². The molecule has 1 N–H and O–H groups in total. The molecule has 2 heterocycles. The minimum absolute atomic E-state index is 0.117. The molecule has 0 saturated carbocycles. The lowest BCUT2D eigenvalue weighted by Crippen LogP contribution is -2.33. The minimum Gasteiger partial charge on any atom is -0.350 e. The summed E-state index contributed by atoms with van der Waals surface area (Å²) in [5.74, 6) is -0.797. The molecule has 1 saturated heterocycles. The molecule has 1 fully saturated rings. The highest BCUT2D eigenvalue weighted by Crippen LogP contribution is 2.32. The molecular weight excluding hydrogens is 501 g/mol. The van der Waals surface area contributed by atoms with E-state index in [9.17, 15) is 14.0 Å². The van der Waals surface area contributed by atoms with Gasteiger partial charge in [-0.1, -0.05) is 59.8 Å². The summed E-state index contributed by atoms with van der Waals surface area (Å²) in [5.41, 5.74) is 2.48. The Morgan fingerprint density at radius 1 is 1.18 bits per heavy atom. The largest absolute Gasteiger partial charge is 0.350 e. The van der Waals surface area contributed by atoms with Crippen molar-refractivity contribution in [2.45, 2.75) is 13.0 Å². The first kappa shape index (κ1) is 23.6. The van der Waals surface area contributed by atoms with Gasteiger partial charge in [-0.05, 0) is 35.9 Å². The van der Waals surface area contributed by atoms with Crippen molar-refractivity contribution >= 4 is 69.1 Å². The van der Waals surface area contributed by atoms with E-state index >= 15 is 0 Å². The topological polar surface area (TPSA) is 62.3 Å². The van der Waals surface area contributed by atoms with E-state index in [1.54, 1.807) is 30.3 Å². The number of thiazole rings is 1. The molecular formula is C23H17ClFN3O2S3. The summed E-state index contributed by atoms with van der Waals surface area (Å²) in [6, 6.07) is 13.2. The van der Waals surface area contributed by atoms with Crippen LogP contribution in [0.15, 0.2) is 58.8 Å². The number of hydrogen-bond donors (Lipinski definition) is 1. The Labute approximate surface area is 208 Å². The van der Waals surface area contributed by atoms with E-state index in [0.29, 0.717) is 26.4 Å². The maximum atomic E-state index is 13.1. The Hall–Kier alpha value is -2.59. The van der Waals surface area contributed by atoms with Gasteiger partial charge < -0.3 is 5.32 Å². The molecule has 2 aromatic carbocycles. The lowest BCUT2D eigenvalue weighted by Gasteiger charge is -2.13. The summed E-state index contributed by atoms with van der Waals surface area (Å²) >= 11 is 13.8. The highest BCUT2D eigenvalue weighted by Gasteiger charge is 2.32. The number of halogens is 2. The molecule has 1 aliphatic rings. The fraction of sp³-hybridized carbons (Fsp3) is 0.130. The summed E-state index contributed by atoms with van der Waals surface area (Å²) < 4.78 is 13.5. The third-order valence-electron chi connectivity index (χ3n) is 4.73. The first-order chi connectivity index (χ1) is 15.9. The van der Waals surface area contributed by atoms with Gasteiger partial charge in [-0.15, -0.1) is 11.3 Å². The second kappa shape index (κ2) is 10.6. The molecule has 0 spiro atoms. The van der Waals surface area contributed by atoms with E-state index in [1.807, 2.05) is 17.5 Å². The average molecular weight is 518 g/mol. The van der Waals surface area contributed by atoms with E-state index in [2.05, 4.69) is 10.3 Å². The third-order valence-corrected chi connectivity index (χ3v) is 7.21. The van der Waals surface area contributed by atoms with Gasteiger partial charge in [0.05, 0.1) is 17.1 Å². The van der Waals surface area contributed by atoms with Crippen LogP contribution < -0.4 is 5.32 Å². The van der Waals surface area contributed by atoms with Gasteiger partial charge in [0.1, 0.15) is 15.1 Å². The Bertz CT molecular complexity index is 1230. The number of benzene rings is 2. The van der Waals surface area contributed by atoms with Crippen molar-refractivity contribution in [2.24, 2.45) is 0 Å². The summed E-state index contributed by atoms with van der Waals surface area (Å²) in [5, 5.41) is 6.20. The monoisotopic (exact) mass is 517 g/mol. The zero-order valence-corrected chi connectivity index (χ0v) is 20.3. The zero-order valence-electron chi connectivity index (χ0n) is 17.1. The summed E-state index contributed by atoms with van der Waals surface area (Å²) in [6.07, 6.45) is 1.78. The standard InChI is InChI=1S/C23H17ClFN3O2S3/c24-16-5-3-15(4-6-16)18-13-32-21(27-18)12-26-20(29)9-10-28-22(30)19(33-23(28)31)11-14-1-7-17(25)8-2-14/h1-8,11,13H,9-10,12H2,(H,26,29)/b19-11-. The molecule has 1 aromatic heterocycles. The fourth-order valence-electron chi connectivity index (χ4n) is 3.02. The van der Waals surface area contributed by atoms with Crippen molar-refractivity contribution in [3.63, 3.8) is 0 Å². The Morgan fingerprint density at radius 2 is 1.91 bits per heavy atom. The van der Waals surface area contributed by atoms with Gasteiger partial charge in [0.25, 0.3) is 5.91 Å². The SMILES string of the molecule is O=C(CCN1C(=O)/C(=C/c2ccc(F)cc2)SC1=S)NCc1nc(-c2ccc(Cl)cc2)cs1. The third kappa shape index (κ3) is 6.05. The van der Waals surface area contributed by atoms with Gasteiger partial charge >= 0.3 is 0 Å². The number of thioether (sulfide) groups is 1. The summed E-state index contributed by atoms with van der Waals surface area (Å²) in [7, 11) is 0. The molecule has 0 atom stereocenters. The van der Waals surface area contributed by atoms with Crippen molar-refractivity contribution in [1.29, 1.82) is 0 Å².